The molecule has 0 aliphatic carbocycles. The molecule has 0 fully saturated rings. The predicted molar refractivity (Wildman–Crippen MR) is 84.6 cm³/mol. The van der Waals surface area contributed by atoms with E-state index in [-0.39, 0.29) is 12.0 Å². The molecule has 0 amide bonds. The first-order chi connectivity index (χ1) is 10.4. The van der Waals surface area contributed by atoms with Crippen LogP contribution in [-0.4, -0.2) is 31.6 Å². The van der Waals surface area contributed by atoms with Gasteiger partial charge in [0.25, 0.3) is 0 Å². The number of carboxylic acids is 1. The predicted octanol–water partition coefficient (Wildman–Crippen LogP) is 2.90. The van der Waals surface area contributed by atoms with Crippen molar-refractivity contribution in [2.45, 2.75) is 39.2 Å². The molecule has 22 heavy (non-hydrogen) atoms. The number of nitrogens with zero attached hydrogens (tertiary/aromatic N) is 3. The number of carbonyl (C=O) groups is 1. The third-order valence-electron chi connectivity index (χ3n) is 3.18. The van der Waals surface area contributed by atoms with E-state index in [0.717, 1.165) is 5.69 Å². The summed E-state index contributed by atoms with van der Waals surface area (Å²) in [4.78, 5) is 23.9. The lowest BCUT2D eigenvalue weighted by molar-refractivity contribution is -0.137. The van der Waals surface area contributed by atoms with Gasteiger partial charge in [0.1, 0.15) is 11.5 Å². The van der Waals surface area contributed by atoms with Gasteiger partial charge in [0.05, 0.1) is 0 Å². The van der Waals surface area contributed by atoms with Crippen molar-refractivity contribution in [2.24, 2.45) is 0 Å². The van der Waals surface area contributed by atoms with E-state index >= 15 is 0 Å². The Labute approximate surface area is 129 Å². The molecule has 0 bridgehead atoms. The summed E-state index contributed by atoms with van der Waals surface area (Å²) in [6.45, 7) is 5.80. The normalized spacial score (nSPS) is 11.2. The van der Waals surface area contributed by atoms with Crippen LogP contribution >= 0.6 is 0 Å². The van der Waals surface area contributed by atoms with Gasteiger partial charge in [0, 0.05) is 29.9 Å². The summed E-state index contributed by atoms with van der Waals surface area (Å²) < 4.78 is 0. The molecule has 2 aromatic rings. The average molecular weight is 300 g/mol. The van der Waals surface area contributed by atoms with E-state index in [1.54, 1.807) is 6.20 Å². The van der Waals surface area contributed by atoms with E-state index in [1.165, 1.54) is 0 Å². The van der Waals surface area contributed by atoms with Gasteiger partial charge in [0.2, 0.25) is 0 Å². The van der Waals surface area contributed by atoms with E-state index in [4.69, 9.17) is 5.11 Å². The molecule has 0 spiro atoms. The minimum Gasteiger partial charge on any atom is -0.481 e. The molecule has 2 aromatic heterocycles. The molecule has 0 aliphatic heterocycles. The Morgan fingerprint density at radius 2 is 2.09 bits per heavy atom. The number of hydrogen-bond donors (Lipinski definition) is 2. The Morgan fingerprint density at radius 3 is 2.73 bits per heavy atom. The summed E-state index contributed by atoms with van der Waals surface area (Å²) in [5.74, 6) is 0.420. The number of aromatic nitrogens is 3. The minimum absolute atomic E-state index is 0.108. The summed E-state index contributed by atoms with van der Waals surface area (Å²) in [7, 11) is 0. The van der Waals surface area contributed by atoms with Crippen molar-refractivity contribution in [2.75, 3.05) is 5.32 Å². The molecule has 6 nitrogen and oxygen atoms in total. The second kappa shape index (κ2) is 6.51. The lowest BCUT2D eigenvalue weighted by atomic mass is 9.98. The van der Waals surface area contributed by atoms with Crippen LogP contribution in [-0.2, 0) is 4.79 Å². The second-order valence-electron chi connectivity index (χ2n) is 5.84. The van der Waals surface area contributed by atoms with Crippen molar-refractivity contribution < 1.29 is 9.90 Å². The average Bonchev–Trinajstić information content (AvgIpc) is 2.45. The first-order valence-electron chi connectivity index (χ1n) is 7.13. The molecule has 0 saturated carbocycles. The number of rotatable bonds is 6. The standard InChI is InChI=1S/C16H20N4O2/c1-11-10-13(20-16(2,3)8-7-14(21)22)19-15(18-11)12-6-4-5-9-17-12/h4-6,9-10H,7-8H2,1-3H3,(H,21,22)(H,18,19,20). The van der Waals surface area contributed by atoms with E-state index in [1.807, 2.05) is 45.0 Å². The third-order valence-corrected chi connectivity index (χ3v) is 3.18. The Hall–Kier alpha value is -2.50. The van der Waals surface area contributed by atoms with Gasteiger partial charge >= 0.3 is 5.97 Å². The van der Waals surface area contributed by atoms with Gasteiger partial charge in [-0.25, -0.2) is 9.97 Å². The van der Waals surface area contributed by atoms with Gasteiger partial charge < -0.3 is 10.4 Å². The van der Waals surface area contributed by atoms with E-state index < -0.39 is 5.97 Å². The van der Waals surface area contributed by atoms with Crippen LogP contribution in [0.3, 0.4) is 0 Å². The van der Waals surface area contributed by atoms with E-state index in [2.05, 4.69) is 20.3 Å². The number of carboxylic acid groups (broad SMARTS) is 1. The number of pyridine rings is 1. The molecule has 2 N–H and O–H groups in total. The fourth-order valence-corrected chi connectivity index (χ4v) is 2.07. The largest absolute Gasteiger partial charge is 0.481 e. The maximum atomic E-state index is 10.7. The fourth-order valence-electron chi connectivity index (χ4n) is 2.07. The van der Waals surface area contributed by atoms with Crippen LogP contribution in [0, 0.1) is 6.92 Å². The molecule has 6 heteroatoms. The van der Waals surface area contributed by atoms with Crippen LogP contribution in [0.2, 0.25) is 0 Å². The summed E-state index contributed by atoms with van der Waals surface area (Å²) in [6.07, 6.45) is 2.31. The number of hydrogen-bond acceptors (Lipinski definition) is 5. The molecular formula is C16H20N4O2. The maximum absolute atomic E-state index is 10.7. The van der Waals surface area contributed by atoms with Crippen molar-refractivity contribution in [3.05, 3.63) is 36.2 Å². The zero-order valence-corrected chi connectivity index (χ0v) is 13.0. The minimum atomic E-state index is -0.803. The number of nitrogens with one attached hydrogen (secondary N) is 1. The topological polar surface area (TPSA) is 88.0 Å². The quantitative estimate of drug-likeness (QED) is 0.852. The summed E-state index contributed by atoms with van der Waals surface area (Å²) in [6, 6.07) is 7.43. The zero-order chi connectivity index (χ0) is 16.2. The van der Waals surface area contributed by atoms with Gasteiger partial charge in [-0.2, -0.15) is 0 Å². The highest BCUT2D eigenvalue weighted by molar-refractivity contribution is 5.67. The molecule has 0 saturated heterocycles. The van der Waals surface area contributed by atoms with Gasteiger partial charge in [-0.05, 0) is 39.3 Å². The van der Waals surface area contributed by atoms with Crippen molar-refractivity contribution in [3.63, 3.8) is 0 Å². The number of aryl methyl sites for hydroxylation is 1. The van der Waals surface area contributed by atoms with E-state index in [0.29, 0.717) is 23.8 Å². The molecule has 116 valence electrons. The van der Waals surface area contributed by atoms with Crippen LogP contribution < -0.4 is 5.32 Å². The molecule has 0 radical (unpaired) electrons. The van der Waals surface area contributed by atoms with Gasteiger partial charge in [-0.15, -0.1) is 0 Å². The van der Waals surface area contributed by atoms with E-state index in [9.17, 15) is 4.79 Å². The molecule has 0 atom stereocenters. The Balaban J connectivity index is 2.21. The lowest BCUT2D eigenvalue weighted by Gasteiger charge is -2.26. The Morgan fingerprint density at radius 1 is 1.32 bits per heavy atom. The molecular weight excluding hydrogens is 280 g/mol. The smallest absolute Gasteiger partial charge is 0.303 e. The highest BCUT2D eigenvalue weighted by atomic mass is 16.4. The van der Waals surface area contributed by atoms with Crippen molar-refractivity contribution in [1.82, 2.24) is 15.0 Å². The van der Waals surface area contributed by atoms with Crippen molar-refractivity contribution in [1.29, 1.82) is 0 Å². The van der Waals surface area contributed by atoms with Crippen LogP contribution in [0.25, 0.3) is 11.5 Å². The first-order valence-corrected chi connectivity index (χ1v) is 7.13. The van der Waals surface area contributed by atoms with Gasteiger partial charge in [-0.3, -0.25) is 9.78 Å². The van der Waals surface area contributed by atoms with Gasteiger partial charge in [-0.1, -0.05) is 6.07 Å². The number of aliphatic carboxylic acids is 1. The van der Waals surface area contributed by atoms with Crippen LogP contribution in [0.1, 0.15) is 32.4 Å². The first kappa shape index (κ1) is 15.9. The SMILES string of the molecule is Cc1cc(NC(C)(C)CCC(=O)O)nc(-c2ccccn2)n1. The summed E-state index contributed by atoms with van der Waals surface area (Å²) in [5.41, 5.74) is 1.16. The highest BCUT2D eigenvalue weighted by Gasteiger charge is 2.20. The Bertz CT molecular complexity index is 656. The van der Waals surface area contributed by atoms with Crippen LogP contribution in [0.15, 0.2) is 30.5 Å². The molecule has 0 aliphatic rings. The van der Waals surface area contributed by atoms with Gasteiger partial charge in [0.15, 0.2) is 5.82 Å². The van der Waals surface area contributed by atoms with Crippen LogP contribution in [0.5, 0.6) is 0 Å². The Kier molecular flexibility index (Phi) is 4.70. The fraction of sp³-hybridized carbons (Fsp3) is 0.375. The molecule has 2 rings (SSSR count). The van der Waals surface area contributed by atoms with Crippen LogP contribution in [0.4, 0.5) is 5.82 Å². The van der Waals surface area contributed by atoms with Crippen molar-refractivity contribution in [3.8, 4) is 11.5 Å². The highest BCUT2D eigenvalue weighted by Crippen LogP contribution is 2.21. The summed E-state index contributed by atoms with van der Waals surface area (Å²) in [5, 5.41) is 12.1. The molecule has 0 unspecified atom stereocenters. The number of anilines is 1. The second-order valence-corrected chi connectivity index (χ2v) is 5.84. The zero-order valence-electron chi connectivity index (χ0n) is 13.0. The van der Waals surface area contributed by atoms with Crippen molar-refractivity contribution >= 4 is 11.8 Å². The lowest BCUT2D eigenvalue weighted by Crippen LogP contribution is -2.32. The third kappa shape index (κ3) is 4.51. The molecule has 2 heterocycles. The maximum Gasteiger partial charge on any atom is 0.303 e. The molecule has 0 aromatic carbocycles. The monoisotopic (exact) mass is 300 g/mol. The summed E-state index contributed by atoms with van der Waals surface area (Å²) >= 11 is 0.